The van der Waals surface area contributed by atoms with Gasteiger partial charge in [0.25, 0.3) is 0 Å². The van der Waals surface area contributed by atoms with E-state index in [2.05, 4.69) is 24.3 Å². The number of rotatable bonds is 6. The van der Waals surface area contributed by atoms with Crippen LogP contribution in [0.2, 0.25) is 0 Å². The molecule has 0 aliphatic heterocycles. The summed E-state index contributed by atoms with van der Waals surface area (Å²) in [6.45, 7) is 1.45. The molecule has 1 aliphatic carbocycles. The summed E-state index contributed by atoms with van der Waals surface area (Å²) in [5, 5.41) is 14.1. The van der Waals surface area contributed by atoms with E-state index < -0.39 is 0 Å². The van der Waals surface area contributed by atoms with Crippen LogP contribution in [0, 0.1) is 0 Å². The highest BCUT2D eigenvalue weighted by atomic mass is 16.3. The van der Waals surface area contributed by atoms with Gasteiger partial charge in [0.15, 0.2) is 0 Å². The minimum Gasteiger partial charge on any atom is -0.394 e. The third-order valence-corrected chi connectivity index (χ3v) is 4.59. The van der Waals surface area contributed by atoms with Gasteiger partial charge in [0, 0.05) is 12.1 Å². The van der Waals surface area contributed by atoms with E-state index in [1.165, 1.54) is 35.4 Å². The van der Waals surface area contributed by atoms with E-state index in [0.717, 1.165) is 25.8 Å². The second-order valence-electron chi connectivity index (χ2n) is 6.08. The van der Waals surface area contributed by atoms with Crippen LogP contribution < -0.4 is 5.73 Å². The van der Waals surface area contributed by atoms with Gasteiger partial charge >= 0.3 is 0 Å². The fourth-order valence-corrected chi connectivity index (χ4v) is 3.65. The van der Waals surface area contributed by atoms with Crippen molar-refractivity contribution in [3.05, 3.63) is 52.8 Å². The molecule has 1 aromatic heterocycles. The number of hydrogen-bond donors (Lipinski definition) is 2. The summed E-state index contributed by atoms with van der Waals surface area (Å²) >= 11 is 0. The standard InChI is InChI=1S/C18H25N3O/c19-10-9-15-7-4-8-17-18(15)16(20-21(17)11-12-22)13-14-5-2-1-3-6-14/h1-3,5-6,15,22H,4,7-13,19H2. The zero-order valence-electron chi connectivity index (χ0n) is 13.0. The highest BCUT2D eigenvalue weighted by molar-refractivity contribution is 5.36. The highest BCUT2D eigenvalue weighted by Crippen LogP contribution is 2.36. The maximum Gasteiger partial charge on any atom is 0.0706 e. The molecule has 22 heavy (non-hydrogen) atoms. The topological polar surface area (TPSA) is 64.1 Å². The lowest BCUT2D eigenvalue weighted by atomic mass is 9.82. The van der Waals surface area contributed by atoms with E-state index in [1.54, 1.807) is 0 Å². The number of fused-ring (bicyclic) bond motifs is 1. The van der Waals surface area contributed by atoms with Crippen molar-refractivity contribution in [1.29, 1.82) is 0 Å². The third-order valence-electron chi connectivity index (χ3n) is 4.59. The highest BCUT2D eigenvalue weighted by Gasteiger charge is 2.27. The summed E-state index contributed by atoms with van der Waals surface area (Å²) in [4.78, 5) is 0. The van der Waals surface area contributed by atoms with E-state index in [1.807, 2.05) is 10.7 Å². The van der Waals surface area contributed by atoms with Gasteiger partial charge in [0.1, 0.15) is 0 Å². The number of nitrogens with two attached hydrogens (primary N) is 1. The molecule has 1 atom stereocenters. The summed E-state index contributed by atoms with van der Waals surface area (Å²) in [5.74, 6) is 0.528. The lowest BCUT2D eigenvalue weighted by Gasteiger charge is -2.23. The SMILES string of the molecule is NCCC1CCCc2c1c(Cc1ccccc1)nn2CCO. The fourth-order valence-electron chi connectivity index (χ4n) is 3.65. The number of aliphatic hydroxyl groups excluding tert-OH is 1. The molecular formula is C18H25N3O. The quantitative estimate of drug-likeness (QED) is 0.860. The summed E-state index contributed by atoms with van der Waals surface area (Å²) < 4.78 is 2.02. The third kappa shape index (κ3) is 3.08. The minimum absolute atomic E-state index is 0.139. The smallest absolute Gasteiger partial charge is 0.0706 e. The van der Waals surface area contributed by atoms with E-state index >= 15 is 0 Å². The zero-order valence-corrected chi connectivity index (χ0v) is 13.0. The fraction of sp³-hybridized carbons (Fsp3) is 0.500. The van der Waals surface area contributed by atoms with Gasteiger partial charge in [-0.05, 0) is 49.3 Å². The largest absolute Gasteiger partial charge is 0.394 e. The molecule has 1 aromatic carbocycles. The first kappa shape index (κ1) is 15.3. The van der Waals surface area contributed by atoms with Crippen molar-refractivity contribution in [2.24, 2.45) is 5.73 Å². The van der Waals surface area contributed by atoms with E-state index in [0.29, 0.717) is 12.5 Å². The molecule has 4 nitrogen and oxygen atoms in total. The van der Waals surface area contributed by atoms with Crippen molar-refractivity contribution in [3.63, 3.8) is 0 Å². The average Bonchev–Trinajstić information content (AvgIpc) is 2.88. The number of aromatic nitrogens is 2. The summed E-state index contributed by atoms with van der Waals surface area (Å²) in [6.07, 6.45) is 5.36. The minimum atomic E-state index is 0.139. The van der Waals surface area contributed by atoms with Gasteiger partial charge in [-0.1, -0.05) is 30.3 Å². The van der Waals surface area contributed by atoms with Crippen LogP contribution in [0.4, 0.5) is 0 Å². The monoisotopic (exact) mass is 299 g/mol. The first-order valence-electron chi connectivity index (χ1n) is 8.26. The molecule has 0 saturated carbocycles. The van der Waals surface area contributed by atoms with E-state index in [-0.39, 0.29) is 6.61 Å². The molecule has 0 radical (unpaired) electrons. The number of hydrogen-bond acceptors (Lipinski definition) is 3. The van der Waals surface area contributed by atoms with Crippen LogP contribution in [-0.2, 0) is 19.4 Å². The summed E-state index contributed by atoms with van der Waals surface area (Å²) in [5.41, 5.74) is 11.0. The van der Waals surface area contributed by atoms with Crippen molar-refractivity contribution < 1.29 is 5.11 Å². The second kappa shape index (κ2) is 7.07. The summed E-state index contributed by atoms with van der Waals surface area (Å²) in [7, 11) is 0. The molecule has 4 heteroatoms. The number of benzene rings is 1. The van der Waals surface area contributed by atoms with Crippen LogP contribution in [0.25, 0.3) is 0 Å². The lowest BCUT2D eigenvalue weighted by Crippen LogP contribution is -2.17. The predicted molar refractivity (Wildman–Crippen MR) is 87.9 cm³/mol. The molecule has 0 fully saturated rings. The Labute approximate surface area is 132 Å². The van der Waals surface area contributed by atoms with Gasteiger partial charge in [-0.2, -0.15) is 5.10 Å². The van der Waals surface area contributed by atoms with Crippen molar-refractivity contribution in [2.45, 2.75) is 44.6 Å². The van der Waals surface area contributed by atoms with Crippen LogP contribution in [0.5, 0.6) is 0 Å². The molecule has 1 aliphatic rings. The lowest BCUT2D eigenvalue weighted by molar-refractivity contribution is 0.266. The molecule has 2 aromatic rings. The van der Waals surface area contributed by atoms with Gasteiger partial charge in [-0.3, -0.25) is 4.68 Å². The first-order chi connectivity index (χ1) is 10.8. The van der Waals surface area contributed by atoms with Crippen molar-refractivity contribution >= 4 is 0 Å². The molecule has 1 heterocycles. The van der Waals surface area contributed by atoms with Gasteiger partial charge in [-0.25, -0.2) is 0 Å². The Bertz CT molecular complexity index is 606. The Hall–Kier alpha value is -1.65. The molecule has 0 amide bonds. The molecule has 0 saturated heterocycles. The van der Waals surface area contributed by atoms with Crippen molar-refractivity contribution in [2.75, 3.05) is 13.2 Å². The number of aliphatic hydroxyl groups is 1. The average molecular weight is 299 g/mol. The molecule has 0 spiro atoms. The van der Waals surface area contributed by atoms with Gasteiger partial charge < -0.3 is 10.8 Å². The Balaban J connectivity index is 1.97. The van der Waals surface area contributed by atoms with Crippen LogP contribution in [-0.4, -0.2) is 28.0 Å². The van der Waals surface area contributed by atoms with E-state index in [4.69, 9.17) is 10.8 Å². The predicted octanol–water partition coefficient (Wildman–Crippen LogP) is 2.23. The first-order valence-corrected chi connectivity index (χ1v) is 8.26. The molecule has 3 rings (SSSR count). The van der Waals surface area contributed by atoms with Gasteiger partial charge in [-0.15, -0.1) is 0 Å². The zero-order chi connectivity index (χ0) is 15.4. The van der Waals surface area contributed by atoms with Crippen LogP contribution >= 0.6 is 0 Å². The Morgan fingerprint density at radius 3 is 2.82 bits per heavy atom. The maximum atomic E-state index is 9.31. The van der Waals surface area contributed by atoms with Crippen LogP contribution in [0.1, 0.15) is 47.7 Å². The van der Waals surface area contributed by atoms with Gasteiger partial charge in [0.2, 0.25) is 0 Å². The van der Waals surface area contributed by atoms with Crippen LogP contribution in [0.15, 0.2) is 30.3 Å². The van der Waals surface area contributed by atoms with Gasteiger partial charge in [0.05, 0.1) is 18.8 Å². The van der Waals surface area contributed by atoms with Crippen LogP contribution in [0.3, 0.4) is 0 Å². The normalized spacial score (nSPS) is 17.5. The maximum absolute atomic E-state index is 9.31. The number of nitrogens with zero attached hydrogens (tertiary/aromatic N) is 2. The van der Waals surface area contributed by atoms with E-state index in [9.17, 15) is 5.11 Å². The molecule has 118 valence electrons. The Morgan fingerprint density at radius 2 is 2.09 bits per heavy atom. The molecule has 3 N–H and O–H groups in total. The van der Waals surface area contributed by atoms with Crippen molar-refractivity contribution in [3.8, 4) is 0 Å². The Kier molecular flexibility index (Phi) is 4.90. The molecule has 0 bridgehead atoms. The molecule has 1 unspecified atom stereocenters. The summed E-state index contributed by atoms with van der Waals surface area (Å²) in [6, 6.07) is 10.5. The molecular weight excluding hydrogens is 274 g/mol. The van der Waals surface area contributed by atoms with Crippen molar-refractivity contribution in [1.82, 2.24) is 9.78 Å². The second-order valence-corrected chi connectivity index (χ2v) is 6.08. The Morgan fingerprint density at radius 1 is 1.27 bits per heavy atom.